The third-order valence-corrected chi connectivity index (χ3v) is 4.54. The van der Waals surface area contributed by atoms with Crippen LogP contribution in [0, 0.1) is 5.92 Å². The summed E-state index contributed by atoms with van der Waals surface area (Å²) >= 11 is 0. The minimum Gasteiger partial charge on any atom is -0.494 e. The zero-order valence-electron chi connectivity index (χ0n) is 12.9. The second kappa shape index (κ2) is 6.38. The molecule has 5 nitrogen and oxygen atoms in total. The number of carbonyl (C=O) groups excluding carboxylic acids is 2. The Morgan fingerprint density at radius 1 is 1.27 bits per heavy atom. The van der Waals surface area contributed by atoms with Gasteiger partial charge in [-0.05, 0) is 31.4 Å². The summed E-state index contributed by atoms with van der Waals surface area (Å²) in [6.07, 6.45) is 5.69. The third kappa shape index (κ3) is 2.93. The smallest absolute Gasteiger partial charge is 0.227 e. The minimum atomic E-state index is 0.0875. The number of nitrogens with one attached hydrogen (secondary N) is 1. The van der Waals surface area contributed by atoms with Crippen molar-refractivity contribution in [3.8, 4) is 5.75 Å². The van der Waals surface area contributed by atoms with E-state index in [2.05, 4.69) is 5.32 Å². The molecule has 1 aliphatic heterocycles. The van der Waals surface area contributed by atoms with Crippen LogP contribution in [-0.4, -0.2) is 25.5 Å². The van der Waals surface area contributed by atoms with E-state index in [1.54, 1.807) is 18.1 Å². The molecule has 0 unspecified atom stereocenters. The first kappa shape index (κ1) is 14.9. The Morgan fingerprint density at radius 3 is 2.68 bits per heavy atom. The van der Waals surface area contributed by atoms with Crippen molar-refractivity contribution >= 4 is 23.2 Å². The topological polar surface area (TPSA) is 58.6 Å². The van der Waals surface area contributed by atoms with Crippen LogP contribution in [0.15, 0.2) is 18.2 Å². The van der Waals surface area contributed by atoms with E-state index in [-0.39, 0.29) is 17.7 Å². The molecule has 2 fully saturated rings. The standard InChI is InChI=1S/C17H22N2O3/c1-22-15-11-13(18-17(21)12-5-2-3-6-12)8-9-14(15)19-10-4-7-16(19)20/h8-9,11-12H,2-7,10H2,1H3,(H,18,21). The Morgan fingerprint density at radius 2 is 2.05 bits per heavy atom. The van der Waals surface area contributed by atoms with Crippen LogP contribution in [0.5, 0.6) is 5.75 Å². The van der Waals surface area contributed by atoms with Gasteiger partial charge in [0.1, 0.15) is 5.75 Å². The first-order valence-corrected chi connectivity index (χ1v) is 7.98. The van der Waals surface area contributed by atoms with Crippen LogP contribution in [0.2, 0.25) is 0 Å². The average Bonchev–Trinajstić information content (AvgIpc) is 3.18. The molecule has 0 aromatic heterocycles. The van der Waals surface area contributed by atoms with E-state index in [4.69, 9.17) is 4.74 Å². The summed E-state index contributed by atoms with van der Waals surface area (Å²) in [4.78, 5) is 25.8. The number of hydrogen-bond acceptors (Lipinski definition) is 3. The molecule has 3 rings (SSSR count). The van der Waals surface area contributed by atoms with Crippen LogP contribution < -0.4 is 15.0 Å². The zero-order chi connectivity index (χ0) is 15.5. The largest absolute Gasteiger partial charge is 0.494 e. The molecule has 0 radical (unpaired) electrons. The highest BCUT2D eigenvalue weighted by molar-refractivity contribution is 5.98. The van der Waals surface area contributed by atoms with Crippen LogP contribution in [0.4, 0.5) is 11.4 Å². The van der Waals surface area contributed by atoms with Crippen LogP contribution in [-0.2, 0) is 9.59 Å². The number of nitrogens with zero attached hydrogens (tertiary/aromatic N) is 1. The lowest BCUT2D eigenvalue weighted by atomic mass is 10.1. The van der Waals surface area contributed by atoms with Gasteiger partial charge < -0.3 is 15.0 Å². The summed E-state index contributed by atoms with van der Waals surface area (Å²) in [5, 5.41) is 2.97. The summed E-state index contributed by atoms with van der Waals surface area (Å²) in [7, 11) is 1.59. The zero-order valence-corrected chi connectivity index (χ0v) is 12.9. The van der Waals surface area contributed by atoms with Gasteiger partial charge in [0.15, 0.2) is 0 Å². The second-order valence-corrected chi connectivity index (χ2v) is 6.01. The molecule has 1 saturated heterocycles. The summed E-state index contributed by atoms with van der Waals surface area (Å²) in [5.41, 5.74) is 1.51. The molecule has 0 bridgehead atoms. The van der Waals surface area contributed by atoms with Crippen LogP contribution in [0.1, 0.15) is 38.5 Å². The Kier molecular flexibility index (Phi) is 4.32. The van der Waals surface area contributed by atoms with E-state index in [0.717, 1.165) is 50.0 Å². The van der Waals surface area contributed by atoms with Crippen LogP contribution >= 0.6 is 0 Å². The molecule has 22 heavy (non-hydrogen) atoms. The molecule has 1 aromatic carbocycles. The number of amides is 2. The highest BCUT2D eigenvalue weighted by Gasteiger charge is 2.26. The van der Waals surface area contributed by atoms with Crippen molar-refractivity contribution in [1.82, 2.24) is 0 Å². The van der Waals surface area contributed by atoms with Gasteiger partial charge >= 0.3 is 0 Å². The van der Waals surface area contributed by atoms with Crippen molar-refractivity contribution in [3.63, 3.8) is 0 Å². The molecule has 1 N–H and O–H groups in total. The van der Waals surface area contributed by atoms with Crippen molar-refractivity contribution in [2.45, 2.75) is 38.5 Å². The Labute approximate surface area is 130 Å². The van der Waals surface area contributed by atoms with Crippen molar-refractivity contribution in [2.75, 3.05) is 23.9 Å². The first-order chi connectivity index (χ1) is 10.7. The summed E-state index contributed by atoms with van der Waals surface area (Å²) in [6, 6.07) is 5.50. The van der Waals surface area contributed by atoms with Crippen molar-refractivity contribution in [3.05, 3.63) is 18.2 Å². The maximum atomic E-state index is 12.2. The summed E-state index contributed by atoms with van der Waals surface area (Å²) in [5.74, 6) is 0.968. The molecule has 1 aliphatic carbocycles. The molecule has 1 saturated carbocycles. The van der Waals surface area contributed by atoms with Gasteiger partial charge in [-0.3, -0.25) is 9.59 Å². The van der Waals surface area contributed by atoms with E-state index in [1.807, 2.05) is 12.1 Å². The minimum absolute atomic E-state index is 0.0875. The predicted octanol–water partition coefficient (Wildman–Crippen LogP) is 2.95. The monoisotopic (exact) mass is 302 g/mol. The normalized spacial score (nSPS) is 18.8. The molecular weight excluding hydrogens is 280 g/mol. The molecule has 2 aliphatic rings. The van der Waals surface area contributed by atoms with E-state index in [9.17, 15) is 9.59 Å². The number of anilines is 2. The fraction of sp³-hybridized carbons (Fsp3) is 0.529. The molecule has 2 amide bonds. The SMILES string of the molecule is COc1cc(NC(=O)C2CCCC2)ccc1N1CCCC1=O. The van der Waals surface area contributed by atoms with Crippen molar-refractivity contribution in [1.29, 1.82) is 0 Å². The molecule has 0 spiro atoms. The van der Waals surface area contributed by atoms with Crippen molar-refractivity contribution in [2.24, 2.45) is 5.92 Å². The Balaban J connectivity index is 1.76. The van der Waals surface area contributed by atoms with Gasteiger partial charge in [0, 0.05) is 30.6 Å². The number of carbonyl (C=O) groups is 2. The Hall–Kier alpha value is -2.04. The molecule has 0 atom stereocenters. The number of ether oxygens (including phenoxy) is 1. The van der Waals surface area contributed by atoms with Gasteiger partial charge in [-0.2, -0.15) is 0 Å². The average molecular weight is 302 g/mol. The Bertz CT molecular complexity index is 579. The van der Waals surface area contributed by atoms with Gasteiger partial charge in [-0.1, -0.05) is 12.8 Å². The lowest BCUT2D eigenvalue weighted by Gasteiger charge is -2.20. The van der Waals surface area contributed by atoms with Crippen molar-refractivity contribution < 1.29 is 14.3 Å². The number of hydrogen-bond donors (Lipinski definition) is 1. The molecule has 1 aromatic rings. The lowest BCUT2D eigenvalue weighted by Crippen LogP contribution is -2.24. The fourth-order valence-corrected chi connectivity index (χ4v) is 3.31. The number of rotatable bonds is 4. The fourth-order valence-electron chi connectivity index (χ4n) is 3.31. The van der Waals surface area contributed by atoms with Gasteiger partial charge in [0.2, 0.25) is 11.8 Å². The lowest BCUT2D eigenvalue weighted by molar-refractivity contribution is -0.119. The summed E-state index contributed by atoms with van der Waals surface area (Å²) < 4.78 is 5.41. The number of methoxy groups -OCH3 is 1. The van der Waals surface area contributed by atoms with E-state index in [1.165, 1.54) is 0 Å². The quantitative estimate of drug-likeness (QED) is 0.930. The molecular formula is C17H22N2O3. The van der Waals surface area contributed by atoms with E-state index >= 15 is 0 Å². The van der Waals surface area contributed by atoms with Crippen LogP contribution in [0.25, 0.3) is 0 Å². The van der Waals surface area contributed by atoms with Gasteiger partial charge in [-0.25, -0.2) is 0 Å². The third-order valence-electron chi connectivity index (χ3n) is 4.54. The van der Waals surface area contributed by atoms with E-state index in [0.29, 0.717) is 12.2 Å². The molecule has 118 valence electrons. The van der Waals surface area contributed by atoms with Crippen LogP contribution in [0.3, 0.4) is 0 Å². The first-order valence-electron chi connectivity index (χ1n) is 7.98. The molecule has 1 heterocycles. The second-order valence-electron chi connectivity index (χ2n) is 6.01. The maximum absolute atomic E-state index is 12.2. The highest BCUT2D eigenvalue weighted by Crippen LogP contribution is 2.34. The van der Waals surface area contributed by atoms with Gasteiger partial charge in [0.25, 0.3) is 0 Å². The number of benzene rings is 1. The predicted molar refractivity (Wildman–Crippen MR) is 85.2 cm³/mol. The van der Waals surface area contributed by atoms with Gasteiger partial charge in [-0.15, -0.1) is 0 Å². The maximum Gasteiger partial charge on any atom is 0.227 e. The highest BCUT2D eigenvalue weighted by atomic mass is 16.5. The van der Waals surface area contributed by atoms with Gasteiger partial charge in [0.05, 0.1) is 12.8 Å². The van der Waals surface area contributed by atoms with E-state index < -0.39 is 0 Å². The summed E-state index contributed by atoms with van der Waals surface area (Å²) in [6.45, 7) is 0.725. The molecule has 5 heteroatoms.